The molecular formula is C22H18F2N6O2. The molecule has 32 heavy (non-hydrogen) atoms. The molecule has 2 bridgehead atoms. The van der Waals surface area contributed by atoms with E-state index >= 15 is 0 Å². The average molecular weight is 436 g/mol. The van der Waals surface area contributed by atoms with Crippen LogP contribution in [-0.2, 0) is 11.3 Å². The Balaban J connectivity index is 1.28. The maximum Gasteiger partial charge on any atom is 0.275 e. The van der Waals surface area contributed by atoms with Gasteiger partial charge in [-0.3, -0.25) is 24.2 Å². The molecule has 2 aliphatic heterocycles. The van der Waals surface area contributed by atoms with Gasteiger partial charge in [-0.05, 0) is 6.07 Å². The van der Waals surface area contributed by atoms with Crippen LogP contribution in [-0.4, -0.2) is 44.1 Å². The van der Waals surface area contributed by atoms with Crippen LogP contribution in [0.25, 0.3) is 0 Å². The smallest absolute Gasteiger partial charge is 0.275 e. The lowest BCUT2D eigenvalue weighted by atomic mass is 9.88. The third kappa shape index (κ3) is 2.16. The summed E-state index contributed by atoms with van der Waals surface area (Å²) in [5.41, 5.74) is -1.03. The fourth-order valence-corrected chi connectivity index (χ4v) is 5.51. The number of aromatic nitrogens is 4. The molecule has 2 amide bonds. The van der Waals surface area contributed by atoms with Crippen molar-refractivity contribution in [2.24, 2.45) is 11.3 Å². The Kier molecular flexibility index (Phi) is 3.55. The van der Waals surface area contributed by atoms with E-state index in [2.05, 4.69) is 20.4 Å². The number of nitrogens with zero attached hydrogens (tertiary/aromatic N) is 5. The maximum absolute atomic E-state index is 14.6. The first-order valence-corrected chi connectivity index (χ1v) is 10.2. The Morgan fingerprint density at radius 3 is 2.66 bits per heavy atom. The summed E-state index contributed by atoms with van der Waals surface area (Å²) in [5.74, 6) is -2.02. The summed E-state index contributed by atoms with van der Waals surface area (Å²) in [6.07, 6.45) is 4.15. The van der Waals surface area contributed by atoms with E-state index in [-0.39, 0.29) is 24.3 Å². The van der Waals surface area contributed by atoms with Crippen molar-refractivity contribution in [1.29, 1.82) is 0 Å². The highest BCUT2D eigenvalue weighted by Crippen LogP contribution is 2.91. The number of fused-ring (bicyclic) bond motifs is 1. The fourth-order valence-electron chi connectivity index (χ4n) is 5.51. The average Bonchev–Trinajstić information content (AvgIpc) is 3.52. The van der Waals surface area contributed by atoms with Gasteiger partial charge in [0.2, 0.25) is 0 Å². The van der Waals surface area contributed by atoms with E-state index in [1.807, 2.05) is 6.92 Å². The first-order valence-electron chi connectivity index (χ1n) is 10.2. The van der Waals surface area contributed by atoms with E-state index in [0.29, 0.717) is 11.4 Å². The summed E-state index contributed by atoms with van der Waals surface area (Å²) in [7, 11) is 1.59. The molecule has 2 aliphatic carbocycles. The van der Waals surface area contributed by atoms with Crippen LogP contribution in [0.4, 0.5) is 14.6 Å². The largest absolute Gasteiger partial charge is 0.335 e. The van der Waals surface area contributed by atoms with Gasteiger partial charge in [-0.25, -0.2) is 13.8 Å². The second-order valence-electron chi connectivity index (χ2n) is 8.74. The number of anilines is 1. The normalized spacial score (nSPS) is 29.1. The number of hydrogen-bond donors (Lipinski definition) is 1. The van der Waals surface area contributed by atoms with Crippen LogP contribution in [0.3, 0.4) is 0 Å². The maximum atomic E-state index is 14.6. The Morgan fingerprint density at radius 1 is 1.19 bits per heavy atom. The first kappa shape index (κ1) is 19.0. The number of benzene rings is 1. The molecule has 4 unspecified atom stereocenters. The molecule has 2 fully saturated rings. The second-order valence-corrected chi connectivity index (χ2v) is 8.74. The summed E-state index contributed by atoms with van der Waals surface area (Å²) >= 11 is 0. The van der Waals surface area contributed by atoms with Crippen molar-refractivity contribution in [2.45, 2.75) is 24.9 Å². The minimum absolute atomic E-state index is 0.00357. The highest BCUT2D eigenvalue weighted by atomic mass is 19.1. The number of carbonyl (C=O) groups excluding carboxylic acids is 2. The quantitative estimate of drug-likeness (QED) is 0.674. The monoisotopic (exact) mass is 436 g/mol. The van der Waals surface area contributed by atoms with E-state index in [1.54, 1.807) is 31.4 Å². The van der Waals surface area contributed by atoms with Crippen molar-refractivity contribution in [1.82, 2.24) is 25.1 Å². The molecule has 4 atom stereocenters. The van der Waals surface area contributed by atoms with Crippen molar-refractivity contribution in [3.05, 3.63) is 71.4 Å². The molecule has 162 valence electrons. The summed E-state index contributed by atoms with van der Waals surface area (Å²) in [6, 6.07) is 6.08. The zero-order valence-corrected chi connectivity index (χ0v) is 17.2. The van der Waals surface area contributed by atoms with E-state index in [9.17, 15) is 18.4 Å². The van der Waals surface area contributed by atoms with Gasteiger partial charge in [-0.15, -0.1) is 0 Å². The van der Waals surface area contributed by atoms with Crippen LogP contribution < -0.4 is 10.2 Å². The summed E-state index contributed by atoms with van der Waals surface area (Å²) < 4.78 is 29.7. The number of hydrogen-bond acceptors (Lipinski definition) is 5. The van der Waals surface area contributed by atoms with Gasteiger partial charge in [0.15, 0.2) is 17.3 Å². The Morgan fingerprint density at radius 2 is 1.91 bits per heavy atom. The molecule has 4 aliphatic rings. The lowest BCUT2D eigenvalue weighted by Crippen LogP contribution is -2.56. The van der Waals surface area contributed by atoms with Gasteiger partial charge in [-0.2, -0.15) is 5.10 Å². The van der Waals surface area contributed by atoms with Crippen LogP contribution >= 0.6 is 0 Å². The third-order valence-electron chi connectivity index (χ3n) is 7.24. The van der Waals surface area contributed by atoms with E-state index < -0.39 is 34.2 Å². The van der Waals surface area contributed by atoms with Crippen molar-refractivity contribution < 1.29 is 18.4 Å². The number of amides is 2. The molecule has 7 rings (SSSR count). The Labute approximate surface area is 181 Å². The number of carbonyl (C=O) groups is 2. The van der Waals surface area contributed by atoms with Gasteiger partial charge < -0.3 is 5.32 Å². The number of rotatable bonds is 4. The Hall–Kier alpha value is -3.69. The van der Waals surface area contributed by atoms with Crippen molar-refractivity contribution in [3.8, 4) is 0 Å². The lowest BCUT2D eigenvalue weighted by Gasteiger charge is -2.28. The molecule has 1 aromatic carbocycles. The molecule has 0 spiro atoms. The molecular weight excluding hydrogens is 418 g/mol. The van der Waals surface area contributed by atoms with Gasteiger partial charge >= 0.3 is 0 Å². The molecule has 3 aromatic rings. The zero-order valence-electron chi connectivity index (χ0n) is 17.2. The molecule has 0 radical (unpaired) electrons. The van der Waals surface area contributed by atoms with E-state index in [1.165, 1.54) is 21.8 Å². The minimum atomic E-state index is -1.15. The lowest BCUT2D eigenvalue weighted by molar-refractivity contribution is -0.123. The van der Waals surface area contributed by atoms with Gasteiger partial charge in [-0.1, -0.05) is 25.1 Å². The van der Waals surface area contributed by atoms with Crippen molar-refractivity contribution >= 4 is 17.6 Å². The third-order valence-corrected chi connectivity index (χ3v) is 7.24. The predicted octanol–water partition coefficient (Wildman–Crippen LogP) is 1.88. The second kappa shape index (κ2) is 5.96. The molecule has 1 N–H and O–H groups in total. The van der Waals surface area contributed by atoms with Crippen LogP contribution in [0.2, 0.25) is 0 Å². The fraction of sp³-hybridized carbons (Fsp3) is 0.318. The zero-order chi connectivity index (χ0) is 22.4. The molecule has 4 heterocycles. The number of halogens is 2. The highest BCUT2D eigenvalue weighted by molar-refractivity contribution is 6.11. The SMILES string of the molecule is CN1C(=O)C2(NC(=O)c3nn(Cc4ccccc4F)cc3F)C3C(c4nccnc41)C32C. The standard InChI is InChI=1S/C22H18F2N6O2/c1-21-14-16-18(26-8-7-25-16)29(2)20(32)22(21,17(14)21)27-19(31)15-13(24)10-30(28-15)9-11-5-3-4-6-12(11)23/h3-8,10,14,17H,9H2,1-2H3,(H,27,31). The van der Waals surface area contributed by atoms with Crippen LogP contribution in [0.1, 0.15) is 34.6 Å². The minimum Gasteiger partial charge on any atom is -0.335 e. The molecule has 8 nitrogen and oxygen atoms in total. The number of nitrogens with one attached hydrogen (secondary N) is 1. The van der Waals surface area contributed by atoms with E-state index in [4.69, 9.17) is 0 Å². The van der Waals surface area contributed by atoms with Crippen LogP contribution in [0, 0.1) is 23.0 Å². The van der Waals surface area contributed by atoms with E-state index in [0.717, 1.165) is 11.9 Å². The first-order chi connectivity index (χ1) is 15.3. The molecule has 2 aromatic heterocycles. The van der Waals surface area contributed by atoms with Gasteiger partial charge in [0.1, 0.15) is 11.4 Å². The highest BCUT2D eigenvalue weighted by Gasteiger charge is 2.98. The Bertz CT molecular complexity index is 1330. The van der Waals surface area contributed by atoms with Crippen LogP contribution in [0.15, 0.2) is 42.9 Å². The predicted molar refractivity (Wildman–Crippen MR) is 108 cm³/mol. The summed E-state index contributed by atoms with van der Waals surface area (Å²) in [6.45, 7) is 1.89. The molecule has 10 heteroatoms. The molecule has 2 saturated carbocycles. The van der Waals surface area contributed by atoms with Gasteiger partial charge in [0.05, 0.1) is 18.4 Å². The van der Waals surface area contributed by atoms with Crippen molar-refractivity contribution in [2.75, 3.05) is 11.9 Å². The summed E-state index contributed by atoms with van der Waals surface area (Å²) in [4.78, 5) is 36.4. The topological polar surface area (TPSA) is 93.0 Å². The summed E-state index contributed by atoms with van der Waals surface area (Å²) in [5, 5.41) is 6.78. The van der Waals surface area contributed by atoms with Gasteiger partial charge in [0, 0.05) is 42.3 Å². The molecule has 0 saturated heterocycles. The van der Waals surface area contributed by atoms with Gasteiger partial charge in [0.25, 0.3) is 11.8 Å². The van der Waals surface area contributed by atoms with Crippen LogP contribution in [0.5, 0.6) is 0 Å². The number of likely N-dealkylation sites (N-methyl/N-ethyl adjacent to an activating group) is 1. The van der Waals surface area contributed by atoms with Crippen molar-refractivity contribution in [3.63, 3.8) is 0 Å².